The predicted octanol–water partition coefficient (Wildman–Crippen LogP) is 1.24. The number of methoxy groups -OCH3 is 2. The molecular formula is C12H17NO3. The van der Waals surface area contributed by atoms with E-state index in [4.69, 9.17) is 9.47 Å². The Balaban J connectivity index is 2.96. The number of nitrogens with one attached hydrogen (secondary N) is 1. The molecule has 0 radical (unpaired) electrons. The lowest BCUT2D eigenvalue weighted by Gasteiger charge is -2.09. The quantitative estimate of drug-likeness (QED) is 0.763. The second kappa shape index (κ2) is 6.12. The van der Waals surface area contributed by atoms with Gasteiger partial charge in [-0.25, -0.2) is 4.79 Å². The van der Waals surface area contributed by atoms with Gasteiger partial charge in [-0.2, -0.15) is 0 Å². The Morgan fingerprint density at radius 2 is 2.12 bits per heavy atom. The summed E-state index contributed by atoms with van der Waals surface area (Å²) in [7, 11) is 4.79. The van der Waals surface area contributed by atoms with Crippen molar-refractivity contribution in [3.63, 3.8) is 0 Å². The van der Waals surface area contributed by atoms with Gasteiger partial charge in [0.2, 0.25) is 0 Å². The summed E-state index contributed by atoms with van der Waals surface area (Å²) in [6.45, 7) is 0.868. The van der Waals surface area contributed by atoms with Gasteiger partial charge in [0.1, 0.15) is 11.3 Å². The number of hydrogen-bond donors (Lipinski definition) is 1. The molecule has 0 unspecified atom stereocenters. The van der Waals surface area contributed by atoms with Crippen LogP contribution in [-0.4, -0.2) is 33.8 Å². The molecule has 0 fully saturated rings. The number of rotatable bonds is 5. The molecule has 1 aromatic carbocycles. The second-order valence-corrected chi connectivity index (χ2v) is 3.38. The van der Waals surface area contributed by atoms with E-state index >= 15 is 0 Å². The Kier molecular flexibility index (Phi) is 4.79. The van der Waals surface area contributed by atoms with Gasteiger partial charge < -0.3 is 14.8 Å². The zero-order valence-corrected chi connectivity index (χ0v) is 9.87. The molecule has 0 amide bonds. The molecule has 0 aliphatic carbocycles. The van der Waals surface area contributed by atoms with Gasteiger partial charge in [0.15, 0.2) is 0 Å². The minimum Gasteiger partial charge on any atom is -0.496 e. The topological polar surface area (TPSA) is 47.6 Å². The van der Waals surface area contributed by atoms with E-state index < -0.39 is 0 Å². The largest absolute Gasteiger partial charge is 0.496 e. The van der Waals surface area contributed by atoms with Crippen molar-refractivity contribution in [1.29, 1.82) is 0 Å². The van der Waals surface area contributed by atoms with Crippen molar-refractivity contribution in [2.24, 2.45) is 0 Å². The standard InChI is InChI=1S/C12H17NO3/c1-13-7-6-9-4-5-11(15-2)10(8-9)12(14)16-3/h4-5,8,13H,6-7H2,1-3H3. The second-order valence-electron chi connectivity index (χ2n) is 3.38. The monoisotopic (exact) mass is 223 g/mol. The first-order valence-corrected chi connectivity index (χ1v) is 5.12. The van der Waals surface area contributed by atoms with Gasteiger partial charge in [-0.05, 0) is 37.7 Å². The van der Waals surface area contributed by atoms with Crippen LogP contribution in [0.3, 0.4) is 0 Å². The SMILES string of the molecule is CNCCc1ccc(OC)c(C(=O)OC)c1. The maximum atomic E-state index is 11.5. The molecule has 0 heterocycles. The summed E-state index contributed by atoms with van der Waals surface area (Å²) in [6, 6.07) is 5.54. The van der Waals surface area contributed by atoms with Crippen LogP contribution in [0.2, 0.25) is 0 Å². The van der Waals surface area contributed by atoms with Crippen LogP contribution in [0.25, 0.3) is 0 Å². The van der Waals surface area contributed by atoms with Gasteiger partial charge in [-0.3, -0.25) is 0 Å². The first-order valence-electron chi connectivity index (χ1n) is 5.12. The van der Waals surface area contributed by atoms with E-state index in [1.165, 1.54) is 14.2 Å². The first-order chi connectivity index (χ1) is 7.72. The Labute approximate surface area is 95.6 Å². The maximum absolute atomic E-state index is 11.5. The summed E-state index contributed by atoms with van der Waals surface area (Å²) in [5.41, 5.74) is 1.55. The van der Waals surface area contributed by atoms with E-state index in [1.54, 1.807) is 6.07 Å². The zero-order chi connectivity index (χ0) is 12.0. The third-order valence-electron chi connectivity index (χ3n) is 2.33. The molecule has 0 aliphatic rings. The van der Waals surface area contributed by atoms with E-state index in [-0.39, 0.29) is 5.97 Å². The van der Waals surface area contributed by atoms with Crippen molar-refractivity contribution in [3.05, 3.63) is 29.3 Å². The molecule has 0 aromatic heterocycles. The number of likely N-dealkylation sites (N-methyl/N-ethyl adjacent to an activating group) is 1. The molecule has 88 valence electrons. The molecule has 1 aromatic rings. The fraction of sp³-hybridized carbons (Fsp3) is 0.417. The molecule has 0 aliphatic heterocycles. The average molecular weight is 223 g/mol. The number of hydrogen-bond acceptors (Lipinski definition) is 4. The molecule has 1 rings (SSSR count). The molecule has 0 atom stereocenters. The normalized spacial score (nSPS) is 9.94. The van der Waals surface area contributed by atoms with Crippen molar-refractivity contribution in [2.75, 3.05) is 27.8 Å². The van der Waals surface area contributed by atoms with Crippen LogP contribution >= 0.6 is 0 Å². The number of carbonyl (C=O) groups excluding carboxylic acids is 1. The highest BCUT2D eigenvalue weighted by molar-refractivity contribution is 5.92. The van der Waals surface area contributed by atoms with Crippen LogP contribution in [0.4, 0.5) is 0 Å². The van der Waals surface area contributed by atoms with E-state index in [0.717, 1.165) is 18.5 Å². The van der Waals surface area contributed by atoms with Gasteiger partial charge in [0.25, 0.3) is 0 Å². The van der Waals surface area contributed by atoms with Crippen LogP contribution < -0.4 is 10.1 Å². The minimum absolute atomic E-state index is 0.372. The number of ether oxygens (including phenoxy) is 2. The number of esters is 1. The molecule has 16 heavy (non-hydrogen) atoms. The minimum atomic E-state index is -0.372. The lowest BCUT2D eigenvalue weighted by Crippen LogP contribution is -2.11. The van der Waals surface area contributed by atoms with Crippen molar-refractivity contribution in [1.82, 2.24) is 5.32 Å². The lowest BCUT2D eigenvalue weighted by molar-refractivity contribution is 0.0597. The Morgan fingerprint density at radius 3 is 2.69 bits per heavy atom. The van der Waals surface area contributed by atoms with Crippen molar-refractivity contribution in [2.45, 2.75) is 6.42 Å². The summed E-state index contributed by atoms with van der Waals surface area (Å²) < 4.78 is 9.81. The van der Waals surface area contributed by atoms with Gasteiger partial charge >= 0.3 is 5.97 Å². The highest BCUT2D eigenvalue weighted by Crippen LogP contribution is 2.20. The van der Waals surface area contributed by atoms with Gasteiger partial charge in [-0.1, -0.05) is 6.07 Å². The fourth-order valence-electron chi connectivity index (χ4n) is 1.45. The van der Waals surface area contributed by atoms with Crippen LogP contribution in [0.5, 0.6) is 5.75 Å². The molecular weight excluding hydrogens is 206 g/mol. The summed E-state index contributed by atoms with van der Waals surface area (Å²) >= 11 is 0. The van der Waals surface area contributed by atoms with E-state index in [2.05, 4.69) is 5.32 Å². The van der Waals surface area contributed by atoms with Gasteiger partial charge in [0.05, 0.1) is 14.2 Å². The molecule has 1 N–H and O–H groups in total. The van der Waals surface area contributed by atoms with E-state index in [1.807, 2.05) is 19.2 Å². The smallest absolute Gasteiger partial charge is 0.341 e. The number of carbonyl (C=O) groups is 1. The highest BCUT2D eigenvalue weighted by atomic mass is 16.5. The van der Waals surface area contributed by atoms with Crippen molar-refractivity contribution < 1.29 is 14.3 Å². The summed E-state index contributed by atoms with van der Waals surface area (Å²) in [6.07, 6.45) is 0.866. The summed E-state index contributed by atoms with van der Waals surface area (Å²) in [5.74, 6) is 0.170. The zero-order valence-electron chi connectivity index (χ0n) is 9.87. The molecule has 0 spiro atoms. The molecule has 0 saturated carbocycles. The fourth-order valence-corrected chi connectivity index (χ4v) is 1.45. The van der Waals surface area contributed by atoms with Crippen molar-refractivity contribution in [3.8, 4) is 5.75 Å². The van der Waals surface area contributed by atoms with Gasteiger partial charge in [0, 0.05) is 0 Å². The van der Waals surface area contributed by atoms with Crippen LogP contribution in [0, 0.1) is 0 Å². The van der Waals surface area contributed by atoms with Crippen LogP contribution in [0.1, 0.15) is 15.9 Å². The van der Waals surface area contributed by atoms with Crippen LogP contribution in [0.15, 0.2) is 18.2 Å². The highest BCUT2D eigenvalue weighted by Gasteiger charge is 2.12. The predicted molar refractivity (Wildman–Crippen MR) is 62.0 cm³/mol. The third-order valence-corrected chi connectivity index (χ3v) is 2.33. The van der Waals surface area contributed by atoms with E-state index in [0.29, 0.717) is 11.3 Å². The molecule has 4 heteroatoms. The lowest BCUT2D eigenvalue weighted by atomic mass is 10.1. The molecule has 0 saturated heterocycles. The Hall–Kier alpha value is -1.55. The first kappa shape index (κ1) is 12.5. The molecule has 4 nitrogen and oxygen atoms in total. The van der Waals surface area contributed by atoms with Crippen LogP contribution in [-0.2, 0) is 11.2 Å². The summed E-state index contributed by atoms with van der Waals surface area (Å²) in [4.78, 5) is 11.5. The van der Waals surface area contributed by atoms with Crippen molar-refractivity contribution >= 4 is 5.97 Å². The summed E-state index contributed by atoms with van der Waals surface area (Å²) in [5, 5.41) is 3.06. The molecule has 0 bridgehead atoms. The van der Waals surface area contributed by atoms with Gasteiger partial charge in [-0.15, -0.1) is 0 Å². The average Bonchev–Trinajstić information content (AvgIpc) is 2.35. The van der Waals surface area contributed by atoms with E-state index in [9.17, 15) is 4.79 Å². The Morgan fingerprint density at radius 1 is 1.38 bits per heavy atom. The number of benzene rings is 1. The third kappa shape index (κ3) is 2.97. The Bertz CT molecular complexity index is 363. The maximum Gasteiger partial charge on any atom is 0.341 e.